The topological polar surface area (TPSA) is 47.3 Å². The van der Waals surface area contributed by atoms with E-state index in [4.69, 9.17) is 28.5 Å². The average Bonchev–Trinajstić information content (AvgIpc) is 2.87. The summed E-state index contributed by atoms with van der Waals surface area (Å²) in [4.78, 5) is 17.0. The lowest BCUT2D eigenvalue weighted by atomic mass is 10.1. The van der Waals surface area contributed by atoms with Gasteiger partial charge in [0, 0.05) is 37.7 Å². The second kappa shape index (κ2) is 8.55. The summed E-state index contributed by atoms with van der Waals surface area (Å²) in [6.07, 6.45) is 0.910. The Balaban J connectivity index is 1.62. The minimum atomic E-state index is -0.0492. The van der Waals surface area contributed by atoms with E-state index in [1.807, 2.05) is 29.2 Å². The molecule has 4 nitrogen and oxygen atoms in total. The number of carbonyl (C=O) groups excluding carboxylic acids is 1. The summed E-state index contributed by atoms with van der Waals surface area (Å²) < 4.78 is 0. The maximum absolute atomic E-state index is 12.8. The van der Waals surface area contributed by atoms with Gasteiger partial charge in [-0.25, -0.2) is 0 Å². The molecule has 1 heterocycles. The molecule has 2 aromatic carbocycles. The zero-order valence-corrected chi connectivity index (χ0v) is 15.8. The number of hydrogen-bond donors (Lipinski definition) is 0. The van der Waals surface area contributed by atoms with Crippen LogP contribution in [0, 0.1) is 11.3 Å². The van der Waals surface area contributed by atoms with Crippen molar-refractivity contribution >= 4 is 29.1 Å². The number of amides is 1. The van der Waals surface area contributed by atoms with Crippen LogP contribution in [0.3, 0.4) is 0 Å². The third-order valence-electron chi connectivity index (χ3n) is 4.53. The van der Waals surface area contributed by atoms with E-state index in [-0.39, 0.29) is 5.91 Å². The molecule has 0 aliphatic carbocycles. The molecule has 0 N–H and O–H groups in total. The van der Waals surface area contributed by atoms with Gasteiger partial charge in [-0.2, -0.15) is 5.26 Å². The van der Waals surface area contributed by atoms with Crippen LogP contribution in [0.4, 0.5) is 0 Å². The van der Waals surface area contributed by atoms with E-state index < -0.39 is 0 Å². The van der Waals surface area contributed by atoms with E-state index in [1.54, 1.807) is 18.2 Å². The van der Waals surface area contributed by atoms with Gasteiger partial charge in [0.1, 0.15) is 0 Å². The lowest BCUT2D eigenvalue weighted by Gasteiger charge is -2.22. The van der Waals surface area contributed by atoms with Crippen LogP contribution in [-0.2, 0) is 6.54 Å². The van der Waals surface area contributed by atoms with Gasteiger partial charge in [0.25, 0.3) is 5.91 Å². The molecule has 0 saturated carbocycles. The molecule has 1 fully saturated rings. The maximum Gasteiger partial charge on any atom is 0.255 e. The monoisotopic (exact) mass is 387 g/mol. The predicted molar refractivity (Wildman–Crippen MR) is 103 cm³/mol. The van der Waals surface area contributed by atoms with Gasteiger partial charge < -0.3 is 4.90 Å². The Bertz CT molecular complexity index is 830. The van der Waals surface area contributed by atoms with Crippen molar-refractivity contribution < 1.29 is 4.79 Å². The zero-order valence-electron chi connectivity index (χ0n) is 14.3. The minimum absolute atomic E-state index is 0.0492. The molecule has 0 unspecified atom stereocenters. The zero-order chi connectivity index (χ0) is 18.5. The summed E-state index contributed by atoms with van der Waals surface area (Å²) in [6, 6.07) is 14.8. The highest BCUT2D eigenvalue weighted by Gasteiger charge is 2.22. The fourth-order valence-electron chi connectivity index (χ4n) is 3.11. The molecule has 1 aliphatic rings. The van der Waals surface area contributed by atoms with E-state index in [9.17, 15) is 4.79 Å². The second-order valence-corrected chi connectivity index (χ2v) is 7.20. The van der Waals surface area contributed by atoms with Crippen LogP contribution in [0.5, 0.6) is 0 Å². The van der Waals surface area contributed by atoms with Crippen LogP contribution in [0.2, 0.25) is 10.0 Å². The number of nitriles is 1. The normalized spacial score (nSPS) is 15.3. The molecular weight excluding hydrogens is 369 g/mol. The minimum Gasteiger partial charge on any atom is -0.337 e. The molecule has 0 spiro atoms. The quantitative estimate of drug-likeness (QED) is 0.791. The second-order valence-electron chi connectivity index (χ2n) is 6.35. The summed E-state index contributed by atoms with van der Waals surface area (Å²) in [5, 5.41) is 9.80. The Morgan fingerprint density at radius 1 is 1.04 bits per heavy atom. The number of benzene rings is 2. The van der Waals surface area contributed by atoms with E-state index in [2.05, 4.69) is 11.0 Å². The molecule has 3 rings (SSSR count). The Morgan fingerprint density at radius 2 is 1.81 bits per heavy atom. The molecule has 26 heavy (non-hydrogen) atoms. The van der Waals surface area contributed by atoms with Gasteiger partial charge in [-0.3, -0.25) is 9.69 Å². The Labute approximate surface area is 163 Å². The fraction of sp³-hybridized carbons (Fsp3) is 0.300. The van der Waals surface area contributed by atoms with Gasteiger partial charge in [0.15, 0.2) is 0 Å². The van der Waals surface area contributed by atoms with Gasteiger partial charge in [-0.05, 0) is 42.3 Å². The lowest BCUT2D eigenvalue weighted by molar-refractivity contribution is 0.0761. The van der Waals surface area contributed by atoms with Gasteiger partial charge in [0.05, 0.1) is 22.2 Å². The lowest BCUT2D eigenvalue weighted by Crippen LogP contribution is -2.35. The highest BCUT2D eigenvalue weighted by molar-refractivity contribution is 6.36. The number of nitrogens with zero attached hydrogens (tertiary/aromatic N) is 3. The summed E-state index contributed by atoms with van der Waals surface area (Å²) in [6.45, 7) is 3.92. The van der Waals surface area contributed by atoms with Crippen LogP contribution in [0.25, 0.3) is 0 Å². The largest absolute Gasteiger partial charge is 0.337 e. The van der Waals surface area contributed by atoms with Crippen molar-refractivity contribution in [1.29, 1.82) is 5.26 Å². The first-order chi connectivity index (χ1) is 12.6. The van der Waals surface area contributed by atoms with E-state index in [0.717, 1.165) is 26.1 Å². The van der Waals surface area contributed by atoms with Crippen molar-refractivity contribution in [3.8, 4) is 6.07 Å². The first kappa shape index (κ1) is 18.7. The van der Waals surface area contributed by atoms with Gasteiger partial charge in [-0.1, -0.05) is 35.3 Å². The van der Waals surface area contributed by atoms with Crippen molar-refractivity contribution in [3.63, 3.8) is 0 Å². The maximum atomic E-state index is 12.8. The van der Waals surface area contributed by atoms with Crippen LogP contribution in [-0.4, -0.2) is 41.9 Å². The van der Waals surface area contributed by atoms with E-state index >= 15 is 0 Å². The van der Waals surface area contributed by atoms with Crippen LogP contribution >= 0.6 is 23.2 Å². The van der Waals surface area contributed by atoms with Crippen LogP contribution < -0.4 is 0 Å². The molecule has 134 valence electrons. The SMILES string of the molecule is N#Cc1ccc(CN2CCCN(C(=O)c3ccc(Cl)cc3Cl)CC2)cc1. The molecule has 1 saturated heterocycles. The van der Waals surface area contributed by atoms with Crippen molar-refractivity contribution in [2.24, 2.45) is 0 Å². The smallest absolute Gasteiger partial charge is 0.255 e. The highest BCUT2D eigenvalue weighted by Crippen LogP contribution is 2.23. The van der Waals surface area contributed by atoms with Crippen molar-refractivity contribution in [1.82, 2.24) is 9.80 Å². The summed E-state index contributed by atoms with van der Waals surface area (Å²) in [5.74, 6) is -0.0492. The first-order valence-electron chi connectivity index (χ1n) is 8.52. The summed E-state index contributed by atoms with van der Waals surface area (Å²) in [5.41, 5.74) is 2.34. The average molecular weight is 388 g/mol. The third kappa shape index (κ3) is 4.56. The van der Waals surface area contributed by atoms with Crippen LogP contribution in [0.15, 0.2) is 42.5 Å². The number of rotatable bonds is 3. The Kier molecular flexibility index (Phi) is 6.16. The first-order valence-corrected chi connectivity index (χ1v) is 9.28. The Morgan fingerprint density at radius 3 is 2.50 bits per heavy atom. The van der Waals surface area contributed by atoms with E-state index in [1.165, 1.54) is 5.56 Å². The highest BCUT2D eigenvalue weighted by atomic mass is 35.5. The van der Waals surface area contributed by atoms with Gasteiger partial charge in [0.2, 0.25) is 0 Å². The molecule has 6 heteroatoms. The molecule has 0 radical (unpaired) electrons. The van der Waals surface area contributed by atoms with E-state index in [0.29, 0.717) is 34.3 Å². The third-order valence-corrected chi connectivity index (χ3v) is 5.07. The predicted octanol–water partition coefficient (Wildman–Crippen LogP) is 4.21. The van der Waals surface area contributed by atoms with Crippen molar-refractivity contribution in [3.05, 3.63) is 69.2 Å². The molecule has 0 atom stereocenters. The molecule has 1 aliphatic heterocycles. The molecule has 0 aromatic heterocycles. The van der Waals surface area contributed by atoms with Gasteiger partial charge >= 0.3 is 0 Å². The number of halogens is 2. The number of carbonyl (C=O) groups is 1. The fourth-order valence-corrected chi connectivity index (χ4v) is 3.60. The standard InChI is InChI=1S/C20H19Cl2N3O/c21-17-6-7-18(19(22)12-17)20(26)25-9-1-8-24(10-11-25)14-16-4-2-15(13-23)3-5-16/h2-7,12H,1,8-11,14H2. The molecule has 1 amide bonds. The van der Waals surface area contributed by atoms with Crippen LogP contribution in [0.1, 0.15) is 27.9 Å². The van der Waals surface area contributed by atoms with Crippen molar-refractivity contribution in [2.45, 2.75) is 13.0 Å². The van der Waals surface area contributed by atoms with Gasteiger partial charge in [-0.15, -0.1) is 0 Å². The molecule has 2 aromatic rings. The Hall–Kier alpha value is -2.06. The summed E-state index contributed by atoms with van der Waals surface area (Å²) >= 11 is 12.1. The summed E-state index contributed by atoms with van der Waals surface area (Å²) in [7, 11) is 0. The number of hydrogen-bond acceptors (Lipinski definition) is 3. The van der Waals surface area contributed by atoms with Crippen molar-refractivity contribution in [2.75, 3.05) is 26.2 Å². The molecule has 0 bridgehead atoms. The molecular formula is C20H19Cl2N3O.